The average Bonchev–Trinajstić information content (AvgIpc) is 3.51. The van der Waals surface area contributed by atoms with Crippen LogP contribution in [0.15, 0.2) is 29.1 Å². The van der Waals surface area contributed by atoms with Crippen molar-refractivity contribution in [1.29, 1.82) is 0 Å². The zero-order valence-corrected chi connectivity index (χ0v) is 19.4. The maximum absolute atomic E-state index is 15.1. The number of carbonyl (C=O) groups is 1. The topological polar surface area (TPSA) is 81.3 Å². The third-order valence-electron chi connectivity index (χ3n) is 7.29. The number of amides is 1. The molecule has 3 heterocycles. The van der Waals surface area contributed by atoms with E-state index in [0.29, 0.717) is 55.7 Å². The van der Waals surface area contributed by atoms with E-state index in [1.165, 1.54) is 0 Å². The standard InChI is InChI=1S/C26H27F2N5O2/c27-19-12-15(13-21-23(19)17-2-1-3-18(17)25(34)31-21)14-32-8-10-33(11-9-32)22-7-6-20(30-24(22)28)26(35)29-16-4-5-16/h6-7,12-13,16H,1-5,8-11,14H2,(H,29,35)(H,31,34). The smallest absolute Gasteiger partial charge is 0.270 e. The van der Waals surface area contributed by atoms with Gasteiger partial charge in [0.1, 0.15) is 11.5 Å². The summed E-state index contributed by atoms with van der Waals surface area (Å²) in [5.41, 5.74) is 3.31. The number of halogens is 2. The van der Waals surface area contributed by atoms with E-state index < -0.39 is 5.95 Å². The van der Waals surface area contributed by atoms with E-state index in [1.54, 1.807) is 18.2 Å². The number of carbonyl (C=O) groups excluding carboxylic acids is 1. The second-order valence-electron chi connectivity index (χ2n) is 9.78. The van der Waals surface area contributed by atoms with Crippen LogP contribution in [0.5, 0.6) is 0 Å². The van der Waals surface area contributed by atoms with Gasteiger partial charge in [-0.05, 0) is 67.5 Å². The van der Waals surface area contributed by atoms with E-state index in [0.717, 1.165) is 42.4 Å². The van der Waals surface area contributed by atoms with Gasteiger partial charge >= 0.3 is 0 Å². The maximum atomic E-state index is 15.1. The first kappa shape index (κ1) is 22.2. The summed E-state index contributed by atoms with van der Waals surface area (Å²) in [6, 6.07) is 6.82. The Hall–Kier alpha value is -3.33. The quantitative estimate of drug-likeness (QED) is 0.550. The molecule has 2 fully saturated rings. The Bertz CT molecular complexity index is 1380. The Morgan fingerprint density at radius 3 is 2.60 bits per heavy atom. The molecule has 2 N–H and O–H groups in total. The SMILES string of the molecule is O=C(NC1CC1)c1ccc(N2CCN(Cc3cc(F)c4c5c(c(=O)[nH]c4c3)CCC5)CC2)c(F)n1. The normalized spacial score (nSPS) is 18.2. The number of nitrogens with one attached hydrogen (secondary N) is 2. The number of aromatic nitrogens is 2. The van der Waals surface area contributed by atoms with Gasteiger partial charge in [-0.15, -0.1) is 0 Å². The van der Waals surface area contributed by atoms with Gasteiger partial charge in [0.05, 0.1) is 11.2 Å². The molecule has 3 aliphatic rings. The molecule has 35 heavy (non-hydrogen) atoms. The Labute approximate surface area is 201 Å². The molecule has 2 aromatic heterocycles. The largest absolute Gasteiger partial charge is 0.365 e. The van der Waals surface area contributed by atoms with Gasteiger partial charge in [0.15, 0.2) is 0 Å². The van der Waals surface area contributed by atoms with Crippen molar-refractivity contribution in [3.05, 3.63) is 68.8 Å². The third-order valence-corrected chi connectivity index (χ3v) is 7.29. The van der Waals surface area contributed by atoms with Crippen molar-refractivity contribution < 1.29 is 13.6 Å². The van der Waals surface area contributed by atoms with Crippen molar-refractivity contribution in [2.45, 2.75) is 44.7 Å². The second-order valence-corrected chi connectivity index (χ2v) is 9.78. The number of benzene rings is 1. The monoisotopic (exact) mass is 479 g/mol. The van der Waals surface area contributed by atoms with E-state index in [-0.39, 0.29) is 29.0 Å². The molecular weight excluding hydrogens is 452 g/mol. The van der Waals surface area contributed by atoms with Gasteiger partial charge in [-0.1, -0.05) is 0 Å². The fourth-order valence-corrected chi connectivity index (χ4v) is 5.31. The van der Waals surface area contributed by atoms with Crippen LogP contribution in [0.4, 0.5) is 14.5 Å². The van der Waals surface area contributed by atoms with Crippen LogP contribution < -0.4 is 15.8 Å². The van der Waals surface area contributed by atoms with Gasteiger partial charge in [-0.3, -0.25) is 14.5 Å². The van der Waals surface area contributed by atoms with Gasteiger partial charge in [0.25, 0.3) is 11.5 Å². The lowest BCUT2D eigenvalue weighted by Gasteiger charge is -2.36. The van der Waals surface area contributed by atoms with E-state index >= 15 is 4.39 Å². The molecule has 0 unspecified atom stereocenters. The highest BCUT2D eigenvalue weighted by molar-refractivity contribution is 5.92. The predicted octanol–water partition coefficient (Wildman–Crippen LogP) is 2.90. The fraction of sp³-hybridized carbons (Fsp3) is 0.423. The number of piperazine rings is 1. The number of rotatable bonds is 5. The van der Waals surface area contributed by atoms with Gasteiger partial charge in [0, 0.05) is 49.7 Å². The van der Waals surface area contributed by atoms with E-state index in [9.17, 15) is 14.0 Å². The summed E-state index contributed by atoms with van der Waals surface area (Å²) < 4.78 is 29.7. The number of fused-ring (bicyclic) bond motifs is 3. The van der Waals surface area contributed by atoms with Crippen LogP contribution >= 0.6 is 0 Å². The van der Waals surface area contributed by atoms with Crippen LogP contribution in [0.25, 0.3) is 10.9 Å². The fourth-order valence-electron chi connectivity index (χ4n) is 5.31. The minimum Gasteiger partial charge on any atom is -0.365 e. The van der Waals surface area contributed by atoms with Crippen LogP contribution in [0.3, 0.4) is 0 Å². The Morgan fingerprint density at radius 2 is 1.86 bits per heavy atom. The number of anilines is 1. The first-order valence-electron chi connectivity index (χ1n) is 12.3. The Balaban J connectivity index is 1.13. The molecule has 0 radical (unpaired) electrons. The number of hydrogen-bond donors (Lipinski definition) is 2. The van der Waals surface area contributed by atoms with Crippen LogP contribution in [-0.2, 0) is 19.4 Å². The number of hydrogen-bond acceptors (Lipinski definition) is 5. The molecule has 9 heteroatoms. The highest BCUT2D eigenvalue weighted by atomic mass is 19.1. The summed E-state index contributed by atoms with van der Waals surface area (Å²) in [4.78, 5) is 35.4. The van der Waals surface area contributed by atoms with Crippen molar-refractivity contribution in [2.24, 2.45) is 0 Å². The molecular formula is C26H27F2N5O2. The maximum Gasteiger partial charge on any atom is 0.270 e. The van der Waals surface area contributed by atoms with E-state index in [4.69, 9.17) is 0 Å². The number of H-pyrrole nitrogens is 1. The lowest BCUT2D eigenvalue weighted by molar-refractivity contribution is 0.0945. The summed E-state index contributed by atoms with van der Waals surface area (Å²) in [5.74, 6) is -1.27. The molecule has 0 atom stereocenters. The van der Waals surface area contributed by atoms with Crippen LogP contribution in [0.1, 0.15) is 46.4 Å². The van der Waals surface area contributed by atoms with Crippen LogP contribution in [0.2, 0.25) is 0 Å². The van der Waals surface area contributed by atoms with Crippen LogP contribution in [-0.4, -0.2) is 53.0 Å². The molecule has 7 nitrogen and oxygen atoms in total. The zero-order valence-electron chi connectivity index (χ0n) is 19.4. The zero-order chi connectivity index (χ0) is 24.1. The molecule has 2 aliphatic carbocycles. The number of pyridine rings is 2. The number of nitrogens with zero attached hydrogens (tertiary/aromatic N) is 3. The highest BCUT2D eigenvalue weighted by Crippen LogP contribution is 2.29. The molecule has 1 amide bonds. The van der Waals surface area contributed by atoms with Crippen molar-refractivity contribution in [3.8, 4) is 0 Å². The molecule has 6 rings (SSSR count). The Morgan fingerprint density at radius 1 is 1.09 bits per heavy atom. The molecule has 0 bridgehead atoms. The third kappa shape index (κ3) is 4.29. The summed E-state index contributed by atoms with van der Waals surface area (Å²) in [6.45, 7) is 3.06. The molecule has 1 aliphatic heterocycles. The lowest BCUT2D eigenvalue weighted by Crippen LogP contribution is -2.46. The van der Waals surface area contributed by atoms with Gasteiger partial charge in [0.2, 0.25) is 5.95 Å². The first-order chi connectivity index (χ1) is 17.0. The molecule has 0 spiro atoms. The first-order valence-corrected chi connectivity index (χ1v) is 12.3. The minimum absolute atomic E-state index is 0.0961. The highest BCUT2D eigenvalue weighted by Gasteiger charge is 2.26. The van der Waals surface area contributed by atoms with Crippen molar-refractivity contribution >= 4 is 22.5 Å². The van der Waals surface area contributed by atoms with E-state index in [1.807, 2.05) is 11.0 Å². The average molecular weight is 480 g/mol. The summed E-state index contributed by atoms with van der Waals surface area (Å²) in [6.07, 6.45) is 4.25. The Kier molecular flexibility index (Phi) is 5.51. The van der Waals surface area contributed by atoms with Gasteiger partial charge < -0.3 is 15.2 Å². The molecule has 1 aromatic carbocycles. The van der Waals surface area contributed by atoms with Gasteiger partial charge in [-0.2, -0.15) is 4.39 Å². The van der Waals surface area contributed by atoms with Crippen LogP contribution in [0, 0.1) is 11.8 Å². The number of aryl methyl sites for hydroxylation is 1. The van der Waals surface area contributed by atoms with Crippen molar-refractivity contribution in [3.63, 3.8) is 0 Å². The molecule has 1 saturated carbocycles. The summed E-state index contributed by atoms with van der Waals surface area (Å²) in [7, 11) is 0. The van der Waals surface area contributed by atoms with E-state index in [2.05, 4.69) is 20.2 Å². The molecule has 1 saturated heterocycles. The van der Waals surface area contributed by atoms with Gasteiger partial charge in [-0.25, -0.2) is 9.37 Å². The lowest BCUT2D eigenvalue weighted by atomic mass is 10.0. The minimum atomic E-state index is -0.644. The summed E-state index contributed by atoms with van der Waals surface area (Å²) >= 11 is 0. The van der Waals surface area contributed by atoms with Crippen molar-refractivity contribution in [1.82, 2.24) is 20.2 Å². The molecule has 3 aromatic rings. The molecule has 182 valence electrons. The second kappa shape index (κ2) is 8.71. The predicted molar refractivity (Wildman–Crippen MR) is 129 cm³/mol. The summed E-state index contributed by atoms with van der Waals surface area (Å²) in [5, 5.41) is 3.37. The van der Waals surface area contributed by atoms with Crippen molar-refractivity contribution in [2.75, 3.05) is 31.1 Å². The number of aromatic amines is 1.